The Kier molecular flexibility index (Phi) is 5.47. The predicted molar refractivity (Wildman–Crippen MR) is 83.2 cm³/mol. The van der Waals surface area contributed by atoms with E-state index in [2.05, 4.69) is 14.9 Å². The molecule has 0 spiro atoms. The zero-order valence-electron chi connectivity index (χ0n) is 12.4. The summed E-state index contributed by atoms with van der Waals surface area (Å²) in [7, 11) is 0. The van der Waals surface area contributed by atoms with Crippen molar-refractivity contribution in [3.8, 4) is 0 Å². The van der Waals surface area contributed by atoms with Crippen molar-refractivity contribution in [3.05, 3.63) is 12.4 Å². The molecule has 0 radical (unpaired) electrons. The Bertz CT molecular complexity index is 505. The van der Waals surface area contributed by atoms with Crippen LogP contribution in [-0.2, 0) is 14.3 Å². The number of carbonyl (C=O) groups is 1. The largest absolute Gasteiger partial charge is 0.378 e. The summed E-state index contributed by atoms with van der Waals surface area (Å²) in [4.78, 5) is 24.7. The maximum atomic E-state index is 12.1. The van der Waals surface area contributed by atoms with Crippen LogP contribution in [0.1, 0.15) is 0 Å². The van der Waals surface area contributed by atoms with Crippen molar-refractivity contribution in [2.24, 2.45) is 0 Å². The van der Waals surface area contributed by atoms with Crippen molar-refractivity contribution in [2.45, 2.75) is 5.03 Å². The lowest BCUT2D eigenvalue weighted by Crippen LogP contribution is -2.41. The number of thioether (sulfide) groups is 1. The summed E-state index contributed by atoms with van der Waals surface area (Å²) in [5.41, 5.74) is 0. The van der Waals surface area contributed by atoms with Gasteiger partial charge in [-0.05, 0) is 0 Å². The second kappa shape index (κ2) is 7.75. The Labute approximate surface area is 134 Å². The van der Waals surface area contributed by atoms with Crippen LogP contribution in [0.3, 0.4) is 0 Å². The van der Waals surface area contributed by atoms with Gasteiger partial charge in [0.15, 0.2) is 0 Å². The molecule has 1 aromatic heterocycles. The standard InChI is InChI=1S/C14H20N4O3S/c19-14(18-3-7-21-8-4-18)10-22-13-9-12(15-11-16-13)17-1-5-20-6-2-17/h9,11H,1-8,10H2. The van der Waals surface area contributed by atoms with Crippen LogP contribution in [-0.4, -0.2) is 79.1 Å². The number of nitrogens with zero attached hydrogens (tertiary/aromatic N) is 4. The fourth-order valence-corrected chi connectivity index (χ4v) is 3.18. The molecule has 0 aromatic carbocycles. The Morgan fingerprint density at radius 1 is 1.09 bits per heavy atom. The molecule has 1 aromatic rings. The molecule has 0 aliphatic carbocycles. The highest BCUT2D eigenvalue weighted by molar-refractivity contribution is 7.99. The summed E-state index contributed by atoms with van der Waals surface area (Å²) in [6.45, 7) is 5.76. The van der Waals surface area contributed by atoms with Gasteiger partial charge in [-0.15, -0.1) is 0 Å². The van der Waals surface area contributed by atoms with E-state index >= 15 is 0 Å². The minimum absolute atomic E-state index is 0.139. The molecule has 3 rings (SSSR count). The first kappa shape index (κ1) is 15.5. The monoisotopic (exact) mass is 324 g/mol. The number of hydrogen-bond acceptors (Lipinski definition) is 7. The average molecular weight is 324 g/mol. The van der Waals surface area contributed by atoms with Crippen molar-refractivity contribution < 1.29 is 14.3 Å². The van der Waals surface area contributed by atoms with Crippen LogP contribution in [0.25, 0.3) is 0 Å². The summed E-state index contributed by atoms with van der Waals surface area (Å²) in [5, 5.41) is 0.832. The Morgan fingerprint density at radius 2 is 1.77 bits per heavy atom. The van der Waals surface area contributed by atoms with Gasteiger partial charge in [-0.2, -0.15) is 0 Å². The maximum absolute atomic E-state index is 12.1. The van der Waals surface area contributed by atoms with Crippen LogP contribution in [0.15, 0.2) is 17.4 Å². The molecule has 0 atom stereocenters. The number of hydrogen-bond donors (Lipinski definition) is 0. The van der Waals surface area contributed by atoms with Crippen LogP contribution in [0.4, 0.5) is 5.82 Å². The zero-order valence-corrected chi connectivity index (χ0v) is 13.3. The number of morpholine rings is 2. The van der Waals surface area contributed by atoms with Crippen molar-refractivity contribution in [1.82, 2.24) is 14.9 Å². The smallest absolute Gasteiger partial charge is 0.233 e. The SMILES string of the molecule is O=C(CSc1cc(N2CCOCC2)ncn1)N1CCOCC1. The van der Waals surface area contributed by atoms with E-state index in [0.717, 1.165) is 37.1 Å². The molecule has 2 fully saturated rings. The quantitative estimate of drug-likeness (QED) is 0.581. The third-order valence-corrected chi connectivity index (χ3v) is 4.58. The fraction of sp³-hybridized carbons (Fsp3) is 0.643. The highest BCUT2D eigenvalue weighted by Gasteiger charge is 2.18. The minimum Gasteiger partial charge on any atom is -0.378 e. The lowest BCUT2D eigenvalue weighted by Gasteiger charge is -2.28. The van der Waals surface area contributed by atoms with E-state index in [1.807, 2.05) is 11.0 Å². The molecule has 120 valence electrons. The van der Waals surface area contributed by atoms with E-state index < -0.39 is 0 Å². The summed E-state index contributed by atoms with van der Waals surface area (Å²) in [6, 6.07) is 1.95. The first-order chi connectivity index (χ1) is 10.8. The maximum Gasteiger partial charge on any atom is 0.233 e. The van der Waals surface area contributed by atoms with Gasteiger partial charge in [-0.25, -0.2) is 9.97 Å². The van der Waals surface area contributed by atoms with Gasteiger partial charge in [0.1, 0.15) is 17.2 Å². The second-order valence-corrected chi connectivity index (χ2v) is 6.09. The van der Waals surface area contributed by atoms with E-state index in [1.54, 1.807) is 6.33 Å². The fourth-order valence-electron chi connectivity index (χ4n) is 2.41. The first-order valence-electron chi connectivity index (χ1n) is 7.46. The van der Waals surface area contributed by atoms with Crippen LogP contribution < -0.4 is 4.90 Å². The first-order valence-corrected chi connectivity index (χ1v) is 8.44. The summed E-state index contributed by atoms with van der Waals surface area (Å²) in [5.74, 6) is 1.44. The number of carbonyl (C=O) groups excluding carboxylic acids is 1. The van der Waals surface area contributed by atoms with Crippen LogP contribution in [0.5, 0.6) is 0 Å². The molecule has 3 heterocycles. The topological polar surface area (TPSA) is 67.8 Å². The molecule has 0 unspecified atom stereocenters. The van der Waals surface area contributed by atoms with Crippen molar-refractivity contribution in [3.63, 3.8) is 0 Å². The normalized spacial score (nSPS) is 19.3. The van der Waals surface area contributed by atoms with Crippen molar-refractivity contribution in [1.29, 1.82) is 0 Å². The lowest BCUT2D eigenvalue weighted by atomic mass is 10.4. The Morgan fingerprint density at radius 3 is 2.50 bits per heavy atom. The number of ether oxygens (including phenoxy) is 2. The van der Waals surface area contributed by atoms with E-state index in [0.29, 0.717) is 32.1 Å². The molecular weight excluding hydrogens is 304 g/mol. The Balaban J connectivity index is 1.54. The van der Waals surface area contributed by atoms with Gasteiger partial charge in [-0.1, -0.05) is 11.8 Å². The molecule has 1 amide bonds. The van der Waals surface area contributed by atoms with Gasteiger partial charge in [0.05, 0.1) is 32.2 Å². The molecule has 0 N–H and O–H groups in total. The van der Waals surface area contributed by atoms with Gasteiger partial charge in [0, 0.05) is 32.2 Å². The molecule has 2 saturated heterocycles. The predicted octanol–water partition coefficient (Wildman–Crippen LogP) is 0.264. The summed E-state index contributed by atoms with van der Waals surface area (Å²) >= 11 is 1.46. The average Bonchev–Trinajstić information content (AvgIpc) is 2.61. The van der Waals surface area contributed by atoms with Gasteiger partial charge in [-0.3, -0.25) is 4.79 Å². The number of aromatic nitrogens is 2. The van der Waals surface area contributed by atoms with E-state index in [-0.39, 0.29) is 5.91 Å². The number of rotatable bonds is 4. The van der Waals surface area contributed by atoms with Gasteiger partial charge < -0.3 is 19.3 Å². The third-order valence-electron chi connectivity index (χ3n) is 3.67. The van der Waals surface area contributed by atoms with E-state index in [9.17, 15) is 4.79 Å². The summed E-state index contributed by atoms with van der Waals surface area (Å²) < 4.78 is 10.6. The highest BCUT2D eigenvalue weighted by Crippen LogP contribution is 2.20. The molecule has 8 heteroatoms. The van der Waals surface area contributed by atoms with Gasteiger partial charge >= 0.3 is 0 Å². The van der Waals surface area contributed by atoms with Crippen LogP contribution >= 0.6 is 11.8 Å². The molecule has 7 nitrogen and oxygen atoms in total. The summed E-state index contributed by atoms with van der Waals surface area (Å²) in [6.07, 6.45) is 1.56. The second-order valence-electron chi connectivity index (χ2n) is 5.10. The van der Waals surface area contributed by atoms with E-state index in [4.69, 9.17) is 9.47 Å². The van der Waals surface area contributed by atoms with Crippen molar-refractivity contribution in [2.75, 3.05) is 63.3 Å². The molecule has 2 aliphatic heterocycles. The molecule has 22 heavy (non-hydrogen) atoms. The Hall–Kier alpha value is -1.38. The highest BCUT2D eigenvalue weighted by atomic mass is 32.2. The minimum atomic E-state index is 0.139. The third kappa shape index (κ3) is 4.08. The molecular formula is C14H20N4O3S. The van der Waals surface area contributed by atoms with Crippen molar-refractivity contribution >= 4 is 23.5 Å². The molecule has 0 bridgehead atoms. The van der Waals surface area contributed by atoms with Crippen LogP contribution in [0.2, 0.25) is 0 Å². The molecule has 0 saturated carbocycles. The zero-order chi connectivity index (χ0) is 15.2. The van der Waals surface area contributed by atoms with Gasteiger partial charge in [0.2, 0.25) is 5.91 Å². The molecule has 2 aliphatic rings. The van der Waals surface area contributed by atoms with Crippen LogP contribution in [0, 0.1) is 0 Å². The van der Waals surface area contributed by atoms with E-state index in [1.165, 1.54) is 11.8 Å². The lowest BCUT2D eigenvalue weighted by molar-refractivity contribution is -0.132. The number of amides is 1. The van der Waals surface area contributed by atoms with Gasteiger partial charge in [0.25, 0.3) is 0 Å². The number of anilines is 1.